The molecule has 0 bridgehead atoms. The second kappa shape index (κ2) is 4.16. The molecule has 0 rings (SSSR count). The van der Waals surface area contributed by atoms with Gasteiger partial charge in [-0.05, 0) is 0 Å². The third-order valence-corrected chi connectivity index (χ3v) is 5.89. The molecule has 0 aliphatic rings. The molecule has 0 radical (unpaired) electrons. The molecule has 0 N–H and O–H groups in total. The van der Waals surface area contributed by atoms with Crippen molar-refractivity contribution < 1.29 is 16.5 Å². The molecule has 0 heterocycles. The molecule has 0 aromatic rings. The summed E-state index contributed by atoms with van der Waals surface area (Å²) in [5.74, 6) is 0. The standard InChI is InChI=1S/C2H5O.3BrH.Zr/c1-2-3;;;;/h2H2,1H3;3*1H;/q-1;;;;+4/p-3. The zero-order valence-electron chi connectivity index (χ0n) is 3.75. The fraction of sp³-hybridized carbons (Fsp3) is 1.00. The van der Waals surface area contributed by atoms with Gasteiger partial charge in [0.25, 0.3) is 0 Å². The molecule has 5 heteroatoms. The molecule has 0 atom stereocenters. The quantitative estimate of drug-likeness (QED) is 0.720. The zero-order chi connectivity index (χ0) is 5.91. The van der Waals surface area contributed by atoms with Gasteiger partial charge in [-0.15, -0.1) is 0 Å². The van der Waals surface area contributed by atoms with E-state index in [2.05, 4.69) is 36.7 Å². The Morgan fingerprint density at radius 2 is 1.86 bits per heavy atom. The van der Waals surface area contributed by atoms with E-state index in [1.807, 2.05) is 6.92 Å². The Bertz CT molecular complexity index is 51.4. The van der Waals surface area contributed by atoms with Gasteiger partial charge in [0.1, 0.15) is 0 Å². The summed E-state index contributed by atoms with van der Waals surface area (Å²) in [6.45, 7) is 2.73. The Balaban J connectivity index is 3.15. The first-order chi connectivity index (χ1) is 3.06. The molecule has 0 aliphatic heterocycles. The predicted octanol–water partition coefficient (Wildman–Crippen LogP) is 3.02. The summed E-state index contributed by atoms with van der Waals surface area (Å²) >= 11 is 7.74. The molecule has 0 aromatic heterocycles. The van der Waals surface area contributed by atoms with Gasteiger partial charge in [0.15, 0.2) is 0 Å². The van der Waals surface area contributed by atoms with Crippen LogP contribution in [-0.4, -0.2) is 6.61 Å². The van der Waals surface area contributed by atoms with E-state index in [4.69, 9.17) is 2.81 Å². The first-order valence-corrected chi connectivity index (χ1v) is 19.6. The third-order valence-electron chi connectivity index (χ3n) is 0.308. The summed E-state index contributed by atoms with van der Waals surface area (Å²) in [4.78, 5) is 0. The second-order valence-corrected chi connectivity index (χ2v) is 42.5. The minimum atomic E-state index is -2.34. The minimum absolute atomic E-state index is 0.762. The van der Waals surface area contributed by atoms with Gasteiger partial charge in [0.05, 0.1) is 0 Å². The van der Waals surface area contributed by atoms with Gasteiger partial charge in [-0.1, -0.05) is 0 Å². The molecular weight excluding hydrogens is 371 g/mol. The van der Waals surface area contributed by atoms with E-state index in [1.165, 1.54) is 0 Å². The molecule has 44 valence electrons. The van der Waals surface area contributed by atoms with Crippen LogP contribution in [0.2, 0.25) is 0 Å². The molecule has 0 spiro atoms. The van der Waals surface area contributed by atoms with Crippen molar-refractivity contribution in [3.8, 4) is 0 Å². The molecule has 1 nitrogen and oxygen atoms in total. The molecule has 0 amide bonds. The SMILES string of the molecule is CC[O][Zr]([Br])([Br])[Br]. The molecular formula is C2H5Br3OZr. The first kappa shape index (κ1) is 9.28. The van der Waals surface area contributed by atoms with Crippen LogP contribution in [-0.2, 0) is 16.5 Å². The van der Waals surface area contributed by atoms with Crippen molar-refractivity contribution in [1.82, 2.24) is 0 Å². The number of rotatable bonds is 2. The molecule has 0 fully saturated rings. The third kappa shape index (κ3) is 8.28. The molecule has 0 unspecified atom stereocenters. The normalized spacial score (nSPS) is 12.0. The maximum absolute atomic E-state index is 5.19. The van der Waals surface area contributed by atoms with Crippen LogP contribution < -0.4 is 0 Å². The Labute approximate surface area is 65.6 Å². The van der Waals surface area contributed by atoms with E-state index in [0.717, 1.165) is 6.61 Å². The Kier molecular flexibility index (Phi) is 5.51. The molecule has 0 saturated carbocycles. The van der Waals surface area contributed by atoms with Crippen molar-refractivity contribution in [3.05, 3.63) is 0 Å². The summed E-state index contributed by atoms with van der Waals surface area (Å²) in [6, 6.07) is 0. The molecule has 7 heavy (non-hydrogen) atoms. The van der Waals surface area contributed by atoms with Crippen molar-refractivity contribution >= 4 is 36.7 Å². The van der Waals surface area contributed by atoms with Gasteiger partial charge in [-0.2, -0.15) is 0 Å². The predicted molar refractivity (Wildman–Crippen MR) is 38.4 cm³/mol. The van der Waals surface area contributed by atoms with Crippen molar-refractivity contribution in [2.24, 2.45) is 0 Å². The van der Waals surface area contributed by atoms with Crippen LogP contribution in [0.5, 0.6) is 0 Å². The number of halogens is 3. The van der Waals surface area contributed by atoms with Crippen molar-refractivity contribution in [2.45, 2.75) is 6.92 Å². The Hall–Kier alpha value is 2.28. The Morgan fingerprint density at radius 1 is 1.43 bits per heavy atom. The maximum atomic E-state index is 5.19. The van der Waals surface area contributed by atoms with Gasteiger partial charge in [-0.3, -0.25) is 0 Å². The van der Waals surface area contributed by atoms with Crippen molar-refractivity contribution in [3.63, 3.8) is 0 Å². The second-order valence-electron chi connectivity index (χ2n) is 0.879. The van der Waals surface area contributed by atoms with E-state index in [0.29, 0.717) is 0 Å². The van der Waals surface area contributed by atoms with E-state index in [1.54, 1.807) is 0 Å². The van der Waals surface area contributed by atoms with Gasteiger partial charge < -0.3 is 0 Å². The van der Waals surface area contributed by atoms with Crippen LogP contribution in [0.1, 0.15) is 6.92 Å². The topological polar surface area (TPSA) is 9.23 Å². The van der Waals surface area contributed by atoms with Crippen LogP contribution >= 0.6 is 36.7 Å². The Morgan fingerprint density at radius 3 is 1.86 bits per heavy atom. The van der Waals surface area contributed by atoms with Gasteiger partial charge in [0, 0.05) is 0 Å². The van der Waals surface area contributed by atoms with Crippen LogP contribution in [0.15, 0.2) is 0 Å². The van der Waals surface area contributed by atoms with Crippen LogP contribution in [0.25, 0.3) is 0 Å². The van der Waals surface area contributed by atoms with Gasteiger partial charge in [0.2, 0.25) is 0 Å². The summed E-state index contributed by atoms with van der Waals surface area (Å²) in [7, 11) is 0. The average Bonchev–Trinajstić information content (AvgIpc) is 1.30. The first-order valence-electron chi connectivity index (χ1n) is 1.77. The van der Waals surface area contributed by atoms with Crippen molar-refractivity contribution in [2.75, 3.05) is 6.61 Å². The fourth-order valence-corrected chi connectivity index (χ4v) is 5.03. The summed E-state index contributed by atoms with van der Waals surface area (Å²) in [5.41, 5.74) is 0. The van der Waals surface area contributed by atoms with Crippen molar-refractivity contribution in [1.29, 1.82) is 0 Å². The zero-order valence-corrected chi connectivity index (χ0v) is 11.0. The summed E-state index contributed by atoms with van der Waals surface area (Å²) in [6.07, 6.45) is 0. The average molecular weight is 376 g/mol. The fourth-order valence-electron chi connectivity index (χ4n) is 0.164. The van der Waals surface area contributed by atoms with Gasteiger partial charge in [-0.25, -0.2) is 0 Å². The molecule has 0 aromatic carbocycles. The number of hydrogen-bond donors (Lipinski definition) is 0. The van der Waals surface area contributed by atoms with E-state index in [9.17, 15) is 0 Å². The number of hydrogen-bond acceptors (Lipinski definition) is 1. The molecule has 0 saturated heterocycles. The van der Waals surface area contributed by atoms with E-state index in [-0.39, 0.29) is 0 Å². The van der Waals surface area contributed by atoms with E-state index < -0.39 is 13.7 Å². The van der Waals surface area contributed by atoms with Crippen LogP contribution in [0.3, 0.4) is 0 Å². The van der Waals surface area contributed by atoms with Crippen LogP contribution in [0, 0.1) is 0 Å². The van der Waals surface area contributed by atoms with Crippen LogP contribution in [0.4, 0.5) is 0 Å². The van der Waals surface area contributed by atoms with E-state index >= 15 is 0 Å². The summed E-state index contributed by atoms with van der Waals surface area (Å²) < 4.78 is 5.19. The monoisotopic (exact) mass is 372 g/mol. The van der Waals surface area contributed by atoms with Gasteiger partial charge >= 0.3 is 66.7 Å². The molecule has 0 aliphatic carbocycles. The summed E-state index contributed by atoms with van der Waals surface area (Å²) in [5, 5.41) is 0.